The highest BCUT2D eigenvalue weighted by atomic mass is 35.5. The van der Waals surface area contributed by atoms with E-state index in [9.17, 15) is 0 Å². The van der Waals surface area contributed by atoms with Crippen LogP contribution in [0.1, 0.15) is 18.5 Å². The van der Waals surface area contributed by atoms with Crippen molar-refractivity contribution < 1.29 is 4.74 Å². The third-order valence-electron chi connectivity index (χ3n) is 3.13. The molecule has 0 aliphatic rings. The molecular weight excluding hydrogens is 304 g/mol. The van der Waals surface area contributed by atoms with E-state index in [1.54, 1.807) is 11.3 Å². The number of anilines is 1. The van der Waals surface area contributed by atoms with E-state index in [0.29, 0.717) is 6.61 Å². The fourth-order valence-corrected chi connectivity index (χ4v) is 2.86. The van der Waals surface area contributed by atoms with Crippen LogP contribution in [0, 0.1) is 0 Å². The zero-order valence-corrected chi connectivity index (χ0v) is 14.2. The Morgan fingerprint density at radius 2 is 2.00 bits per heavy atom. The van der Waals surface area contributed by atoms with Crippen molar-refractivity contribution in [1.82, 2.24) is 4.90 Å². The van der Waals surface area contributed by atoms with Crippen molar-refractivity contribution in [3.63, 3.8) is 0 Å². The molecule has 0 bridgehead atoms. The zero-order chi connectivity index (χ0) is 15.2. The molecule has 1 unspecified atom stereocenters. The average molecular weight is 325 g/mol. The van der Waals surface area contributed by atoms with Crippen molar-refractivity contribution in [2.45, 2.75) is 13.0 Å². The Morgan fingerprint density at radius 3 is 2.57 bits per heavy atom. The molecule has 1 N–H and O–H groups in total. The molecule has 0 fully saturated rings. The lowest BCUT2D eigenvalue weighted by Gasteiger charge is -2.15. The van der Waals surface area contributed by atoms with Gasteiger partial charge in [0, 0.05) is 18.3 Å². The summed E-state index contributed by atoms with van der Waals surface area (Å²) in [5, 5.41) is 5.54. The molecule has 1 atom stereocenters. The predicted molar refractivity (Wildman–Crippen MR) is 91.9 cm³/mol. The third-order valence-corrected chi connectivity index (χ3v) is 4.24. The number of thiophene rings is 1. The highest BCUT2D eigenvalue weighted by molar-refractivity contribution is 7.14. The van der Waals surface area contributed by atoms with Crippen LogP contribution in [0.25, 0.3) is 0 Å². The predicted octanol–water partition coefficient (Wildman–Crippen LogP) is 4.52. The molecule has 0 amide bonds. The first-order valence-electron chi connectivity index (χ1n) is 6.92. The quantitative estimate of drug-likeness (QED) is 0.810. The van der Waals surface area contributed by atoms with Crippen LogP contribution in [0.2, 0.25) is 4.34 Å². The maximum absolute atomic E-state index is 5.97. The van der Waals surface area contributed by atoms with E-state index in [1.807, 2.05) is 44.4 Å². The topological polar surface area (TPSA) is 24.5 Å². The normalized spacial score (nSPS) is 12.4. The Bertz CT molecular complexity index is 554. The summed E-state index contributed by atoms with van der Waals surface area (Å²) in [4.78, 5) is 2.10. The van der Waals surface area contributed by atoms with Crippen LogP contribution in [0.5, 0.6) is 5.75 Å². The van der Waals surface area contributed by atoms with Crippen molar-refractivity contribution >= 4 is 28.6 Å². The molecule has 0 aliphatic heterocycles. The number of likely N-dealkylation sites (N-methyl/N-ethyl adjacent to an activating group) is 1. The van der Waals surface area contributed by atoms with Gasteiger partial charge < -0.3 is 15.0 Å². The molecule has 0 aliphatic carbocycles. The van der Waals surface area contributed by atoms with Gasteiger partial charge in [-0.15, -0.1) is 11.3 Å². The van der Waals surface area contributed by atoms with Crippen molar-refractivity contribution in [2.75, 3.05) is 32.6 Å². The summed E-state index contributed by atoms with van der Waals surface area (Å²) in [5.41, 5.74) is 2.28. The lowest BCUT2D eigenvalue weighted by atomic mass is 10.1. The molecule has 2 rings (SSSR count). The fraction of sp³-hybridized carbons (Fsp3) is 0.375. The number of rotatable bonds is 7. The SMILES string of the molecule is CC(Nc1ccc(OCCN(C)C)cc1)c1csc(Cl)c1. The summed E-state index contributed by atoms with van der Waals surface area (Å²) < 4.78 is 6.50. The summed E-state index contributed by atoms with van der Waals surface area (Å²) in [6.45, 7) is 3.74. The molecule has 114 valence electrons. The number of nitrogens with zero attached hydrogens (tertiary/aromatic N) is 1. The Kier molecular flexibility index (Phi) is 5.91. The van der Waals surface area contributed by atoms with E-state index in [1.165, 1.54) is 5.56 Å². The Labute approximate surface area is 135 Å². The molecule has 2 aromatic rings. The van der Waals surface area contributed by atoms with Gasteiger partial charge in [-0.3, -0.25) is 0 Å². The van der Waals surface area contributed by atoms with Crippen molar-refractivity contribution in [2.24, 2.45) is 0 Å². The molecule has 1 heterocycles. The van der Waals surface area contributed by atoms with Crippen LogP contribution in [-0.4, -0.2) is 32.1 Å². The van der Waals surface area contributed by atoms with Crippen LogP contribution in [0.15, 0.2) is 35.7 Å². The number of nitrogens with one attached hydrogen (secondary N) is 1. The minimum atomic E-state index is 0.231. The van der Waals surface area contributed by atoms with Crippen molar-refractivity contribution in [3.05, 3.63) is 45.6 Å². The fourth-order valence-electron chi connectivity index (χ4n) is 1.88. The summed E-state index contributed by atoms with van der Waals surface area (Å²) in [7, 11) is 4.07. The van der Waals surface area contributed by atoms with Gasteiger partial charge in [-0.1, -0.05) is 11.6 Å². The van der Waals surface area contributed by atoms with E-state index in [4.69, 9.17) is 16.3 Å². The van der Waals surface area contributed by atoms with E-state index < -0.39 is 0 Å². The summed E-state index contributed by atoms with van der Waals surface area (Å²) >= 11 is 7.53. The minimum Gasteiger partial charge on any atom is -0.492 e. The van der Waals surface area contributed by atoms with Gasteiger partial charge in [0.15, 0.2) is 0 Å². The number of hydrogen-bond donors (Lipinski definition) is 1. The van der Waals surface area contributed by atoms with Gasteiger partial charge in [-0.2, -0.15) is 0 Å². The van der Waals surface area contributed by atoms with Crippen LogP contribution >= 0.6 is 22.9 Å². The van der Waals surface area contributed by atoms with Gasteiger partial charge in [0.25, 0.3) is 0 Å². The molecule has 5 heteroatoms. The lowest BCUT2D eigenvalue weighted by Crippen LogP contribution is -2.19. The Balaban J connectivity index is 1.87. The van der Waals surface area contributed by atoms with Gasteiger partial charge >= 0.3 is 0 Å². The van der Waals surface area contributed by atoms with E-state index >= 15 is 0 Å². The number of halogens is 1. The van der Waals surface area contributed by atoms with Gasteiger partial charge in [-0.05, 0) is 62.3 Å². The first-order valence-corrected chi connectivity index (χ1v) is 8.18. The molecule has 0 saturated heterocycles. The lowest BCUT2D eigenvalue weighted by molar-refractivity contribution is 0.261. The molecule has 1 aromatic carbocycles. The highest BCUT2D eigenvalue weighted by Gasteiger charge is 2.07. The van der Waals surface area contributed by atoms with Gasteiger partial charge in [0.2, 0.25) is 0 Å². The zero-order valence-electron chi connectivity index (χ0n) is 12.6. The molecule has 1 aromatic heterocycles. The molecular formula is C16H21ClN2OS. The first-order chi connectivity index (χ1) is 10.0. The number of benzene rings is 1. The van der Waals surface area contributed by atoms with Gasteiger partial charge in [-0.25, -0.2) is 0 Å². The van der Waals surface area contributed by atoms with E-state index in [0.717, 1.165) is 22.3 Å². The second-order valence-electron chi connectivity index (χ2n) is 5.23. The largest absolute Gasteiger partial charge is 0.492 e. The Hall–Kier alpha value is -1.23. The van der Waals surface area contributed by atoms with E-state index in [2.05, 4.69) is 22.5 Å². The molecule has 0 spiro atoms. The third kappa shape index (κ3) is 5.23. The Morgan fingerprint density at radius 1 is 1.29 bits per heavy atom. The molecule has 0 radical (unpaired) electrons. The smallest absolute Gasteiger partial charge is 0.119 e. The minimum absolute atomic E-state index is 0.231. The summed E-state index contributed by atoms with van der Waals surface area (Å²) in [6, 6.07) is 10.3. The standard InChI is InChI=1S/C16H21ClN2OS/c1-12(13-10-16(17)21-11-13)18-14-4-6-15(7-5-14)20-9-8-19(2)3/h4-7,10-12,18H,8-9H2,1-3H3. The second-order valence-corrected chi connectivity index (χ2v) is 6.77. The van der Waals surface area contributed by atoms with E-state index in [-0.39, 0.29) is 6.04 Å². The number of hydrogen-bond acceptors (Lipinski definition) is 4. The highest BCUT2D eigenvalue weighted by Crippen LogP contribution is 2.27. The van der Waals surface area contributed by atoms with Crippen LogP contribution in [-0.2, 0) is 0 Å². The van der Waals surface area contributed by atoms with Gasteiger partial charge in [0.1, 0.15) is 12.4 Å². The summed E-state index contributed by atoms with van der Waals surface area (Å²) in [5.74, 6) is 0.897. The monoisotopic (exact) mass is 324 g/mol. The molecule has 3 nitrogen and oxygen atoms in total. The number of ether oxygens (including phenoxy) is 1. The van der Waals surface area contributed by atoms with Crippen LogP contribution < -0.4 is 10.1 Å². The van der Waals surface area contributed by atoms with Crippen LogP contribution in [0.4, 0.5) is 5.69 Å². The average Bonchev–Trinajstić information content (AvgIpc) is 2.87. The van der Waals surface area contributed by atoms with Crippen molar-refractivity contribution in [3.8, 4) is 5.75 Å². The summed E-state index contributed by atoms with van der Waals surface area (Å²) in [6.07, 6.45) is 0. The second kappa shape index (κ2) is 7.69. The van der Waals surface area contributed by atoms with Crippen molar-refractivity contribution in [1.29, 1.82) is 0 Å². The van der Waals surface area contributed by atoms with Crippen LogP contribution in [0.3, 0.4) is 0 Å². The maximum atomic E-state index is 5.97. The molecule has 0 saturated carbocycles. The molecule has 21 heavy (non-hydrogen) atoms. The first kappa shape index (κ1) is 16.1. The van der Waals surface area contributed by atoms with Gasteiger partial charge in [0.05, 0.1) is 4.34 Å². The maximum Gasteiger partial charge on any atom is 0.119 e.